The maximum atomic E-state index is 13.3. The summed E-state index contributed by atoms with van der Waals surface area (Å²) in [6, 6.07) is 8.45. The molecule has 0 radical (unpaired) electrons. The minimum atomic E-state index is -0.439. The molecule has 3 heterocycles. The van der Waals surface area contributed by atoms with E-state index in [1.807, 2.05) is 0 Å². The molecule has 3 aliphatic rings. The van der Waals surface area contributed by atoms with Crippen LogP contribution < -0.4 is 16.4 Å². The quantitative estimate of drug-likeness (QED) is 0.417. The topological polar surface area (TPSA) is 124 Å². The summed E-state index contributed by atoms with van der Waals surface area (Å²) < 4.78 is 8.04. The van der Waals surface area contributed by atoms with Crippen molar-refractivity contribution in [2.75, 3.05) is 6.54 Å². The maximum Gasteiger partial charge on any atom is 0.419 e. The Morgan fingerprint density at radius 2 is 1.78 bits per heavy atom. The van der Waals surface area contributed by atoms with Gasteiger partial charge in [-0.2, -0.15) is 5.10 Å². The third-order valence-corrected chi connectivity index (χ3v) is 8.53. The fourth-order valence-corrected chi connectivity index (χ4v) is 5.82. The SMILES string of the molecule is Cn1c(=O)oc2ccc(CNC(=O)c3cc(C(=O)NCC45CCC(C)(CC4)CC5)n4nccc4n3)cc21. The summed E-state index contributed by atoms with van der Waals surface area (Å²) in [6.45, 7) is 3.24. The number of carbonyl (C=O) groups excluding carboxylic acids is 2. The molecule has 1 aromatic carbocycles. The number of fused-ring (bicyclic) bond motifs is 5. The molecule has 10 heteroatoms. The summed E-state index contributed by atoms with van der Waals surface area (Å²) in [5, 5.41) is 10.2. The number of nitrogens with zero attached hydrogens (tertiary/aromatic N) is 4. The smallest absolute Gasteiger partial charge is 0.408 e. The van der Waals surface area contributed by atoms with Crippen molar-refractivity contribution < 1.29 is 14.0 Å². The average molecular weight is 503 g/mol. The molecule has 37 heavy (non-hydrogen) atoms. The molecule has 3 aromatic heterocycles. The summed E-state index contributed by atoms with van der Waals surface area (Å²) in [6.07, 6.45) is 8.64. The Bertz CT molecular complexity index is 1570. The van der Waals surface area contributed by atoms with Gasteiger partial charge in [0.2, 0.25) is 0 Å². The Morgan fingerprint density at radius 3 is 2.54 bits per heavy atom. The number of carbonyl (C=O) groups is 2. The van der Waals surface area contributed by atoms with Crippen LogP contribution in [0.5, 0.6) is 0 Å². The number of oxazole rings is 1. The lowest BCUT2D eigenvalue weighted by Gasteiger charge is -2.52. The van der Waals surface area contributed by atoms with Crippen LogP contribution in [0, 0.1) is 10.8 Å². The first-order valence-corrected chi connectivity index (χ1v) is 12.7. The molecule has 0 aliphatic heterocycles. The lowest BCUT2D eigenvalue weighted by Crippen LogP contribution is -2.46. The van der Waals surface area contributed by atoms with E-state index in [-0.39, 0.29) is 29.3 Å². The van der Waals surface area contributed by atoms with Gasteiger partial charge in [-0.3, -0.25) is 14.2 Å². The highest BCUT2D eigenvalue weighted by molar-refractivity contribution is 5.98. The van der Waals surface area contributed by atoms with Crippen LogP contribution in [0.3, 0.4) is 0 Å². The van der Waals surface area contributed by atoms with Gasteiger partial charge in [-0.05, 0) is 67.1 Å². The first-order valence-electron chi connectivity index (χ1n) is 12.7. The van der Waals surface area contributed by atoms with Gasteiger partial charge in [-0.1, -0.05) is 13.0 Å². The van der Waals surface area contributed by atoms with Crippen LogP contribution in [-0.4, -0.2) is 37.5 Å². The van der Waals surface area contributed by atoms with Crippen LogP contribution in [0.25, 0.3) is 16.7 Å². The zero-order valence-electron chi connectivity index (χ0n) is 21.0. The predicted octanol–water partition coefficient (Wildman–Crippen LogP) is 3.19. The molecular formula is C27H30N6O4. The molecule has 192 valence electrons. The van der Waals surface area contributed by atoms with Crippen LogP contribution in [0.4, 0.5) is 0 Å². The molecule has 3 aliphatic carbocycles. The average Bonchev–Trinajstić information content (AvgIpc) is 3.50. The number of hydrogen-bond donors (Lipinski definition) is 2. The maximum absolute atomic E-state index is 13.3. The molecule has 4 aromatic rings. The van der Waals surface area contributed by atoms with E-state index < -0.39 is 11.7 Å². The van der Waals surface area contributed by atoms with E-state index >= 15 is 0 Å². The zero-order valence-corrected chi connectivity index (χ0v) is 21.0. The first kappa shape index (κ1) is 23.4. The highest BCUT2D eigenvalue weighted by atomic mass is 16.4. The Balaban J connectivity index is 1.18. The summed E-state index contributed by atoms with van der Waals surface area (Å²) in [7, 11) is 1.63. The van der Waals surface area contributed by atoms with Crippen LogP contribution >= 0.6 is 0 Å². The monoisotopic (exact) mass is 502 g/mol. The summed E-state index contributed by atoms with van der Waals surface area (Å²) in [5.41, 5.74) is 3.43. The Kier molecular flexibility index (Phi) is 5.43. The molecule has 3 fully saturated rings. The summed E-state index contributed by atoms with van der Waals surface area (Å²) in [5.74, 6) is -1.11. The number of hydrogen-bond acceptors (Lipinski definition) is 6. The van der Waals surface area contributed by atoms with Gasteiger partial charge in [0, 0.05) is 32.3 Å². The zero-order chi connectivity index (χ0) is 25.8. The molecule has 2 bridgehead atoms. The molecule has 0 unspecified atom stereocenters. The molecule has 7 rings (SSSR count). The van der Waals surface area contributed by atoms with Gasteiger partial charge in [-0.25, -0.2) is 14.3 Å². The largest absolute Gasteiger partial charge is 0.419 e. The van der Waals surface area contributed by atoms with Crippen molar-refractivity contribution in [3.8, 4) is 0 Å². The van der Waals surface area contributed by atoms with Gasteiger partial charge in [0.05, 0.1) is 11.7 Å². The van der Waals surface area contributed by atoms with Gasteiger partial charge in [0.25, 0.3) is 11.8 Å². The number of amides is 2. The summed E-state index contributed by atoms with van der Waals surface area (Å²) >= 11 is 0. The lowest BCUT2D eigenvalue weighted by molar-refractivity contribution is 0.00434. The minimum absolute atomic E-state index is 0.138. The second kappa shape index (κ2) is 8.57. The van der Waals surface area contributed by atoms with Crippen molar-refractivity contribution >= 4 is 28.6 Å². The molecule has 0 atom stereocenters. The molecule has 0 spiro atoms. The second-order valence-electron chi connectivity index (χ2n) is 11.0. The van der Waals surface area contributed by atoms with Crippen molar-refractivity contribution in [1.82, 2.24) is 29.8 Å². The fourth-order valence-electron chi connectivity index (χ4n) is 5.82. The Morgan fingerprint density at radius 1 is 1.03 bits per heavy atom. The number of rotatable bonds is 6. The van der Waals surface area contributed by atoms with Crippen LogP contribution in [0.15, 0.2) is 45.7 Å². The number of benzene rings is 1. The molecule has 2 amide bonds. The molecule has 0 saturated heterocycles. The van der Waals surface area contributed by atoms with E-state index in [0.29, 0.717) is 28.7 Å². The van der Waals surface area contributed by atoms with E-state index in [0.717, 1.165) is 24.8 Å². The van der Waals surface area contributed by atoms with Crippen LogP contribution in [-0.2, 0) is 13.6 Å². The molecular weight excluding hydrogens is 472 g/mol. The van der Waals surface area contributed by atoms with Gasteiger partial charge in [0.15, 0.2) is 11.2 Å². The van der Waals surface area contributed by atoms with E-state index in [1.54, 1.807) is 37.5 Å². The van der Waals surface area contributed by atoms with Crippen LogP contribution in [0.1, 0.15) is 72.0 Å². The molecule has 2 N–H and O–H groups in total. The number of aryl methyl sites for hydroxylation is 1. The third-order valence-electron chi connectivity index (χ3n) is 8.53. The normalized spacial score (nSPS) is 23.0. The molecule has 10 nitrogen and oxygen atoms in total. The van der Waals surface area contributed by atoms with Gasteiger partial charge < -0.3 is 15.1 Å². The van der Waals surface area contributed by atoms with Crippen molar-refractivity contribution in [2.45, 2.75) is 52.0 Å². The number of aromatic nitrogens is 4. The van der Waals surface area contributed by atoms with E-state index in [1.165, 1.54) is 34.4 Å². The number of nitrogens with one attached hydrogen (secondary N) is 2. The van der Waals surface area contributed by atoms with Gasteiger partial charge in [-0.15, -0.1) is 0 Å². The van der Waals surface area contributed by atoms with Gasteiger partial charge >= 0.3 is 5.76 Å². The highest BCUT2D eigenvalue weighted by Crippen LogP contribution is 2.56. The Labute approximate surface area is 213 Å². The fraction of sp³-hybridized carbons (Fsp3) is 0.444. The van der Waals surface area contributed by atoms with E-state index in [9.17, 15) is 14.4 Å². The highest BCUT2D eigenvalue weighted by Gasteiger charge is 2.46. The van der Waals surface area contributed by atoms with Crippen molar-refractivity contribution in [2.24, 2.45) is 17.9 Å². The van der Waals surface area contributed by atoms with E-state index in [4.69, 9.17) is 4.42 Å². The molecule has 3 saturated carbocycles. The predicted molar refractivity (Wildman–Crippen MR) is 136 cm³/mol. The van der Waals surface area contributed by atoms with Crippen molar-refractivity contribution in [1.29, 1.82) is 0 Å². The van der Waals surface area contributed by atoms with E-state index in [2.05, 4.69) is 27.6 Å². The lowest BCUT2D eigenvalue weighted by atomic mass is 9.54. The van der Waals surface area contributed by atoms with Crippen molar-refractivity contribution in [3.05, 3.63) is 64.0 Å². The standard InChI is InChI=1S/C27H30N6O4/c1-26-6-9-27(10-7-26,11-8-26)16-29-24(35)20-14-18(31-22-5-12-30-33(20)22)23(34)28-15-17-3-4-21-19(13-17)32(2)25(36)37-21/h3-5,12-14H,6-11,15-16H2,1-2H3,(H,28,34)(H,29,35). The van der Waals surface area contributed by atoms with Crippen LogP contribution in [0.2, 0.25) is 0 Å². The van der Waals surface area contributed by atoms with Gasteiger partial charge in [0.1, 0.15) is 11.4 Å². The van der Waals surface area contributed by atoms with Crippen molar-refractivity contribution in [3.63, 3.8) is 0 Å². The first-order chi connectivity index (χ1) is 17.7. The third kappa shape index (κ3) is 4.20. The summed E-state index contributed by atoms with van der Waals surface area (Å²) in [4.78, 5) is 42.4. The second-order valence-corrected chi connectivity index (χ2v) is 11.0. The minimum Gasteiger partial charge on any atom is -0.408 e. The Hall–Kier alpha value is -3.95.